The Morgan fingerprint density at radius 1 is 1.07 bits per heavy atom. The van der Waals surface area contributed by atoms with Gasteiger partial charge in [0.25, 0.3) is 0 Å². The summed E-state index contributed by atoms with van der Waals surface area (Å²) in [5, 5.41) is 10.6. The zero-order chi connectivity index (χ0) is 20.2. The van der Waals surface area contributed by atoms with E-state index in [0.29, 0.717) is 24.7 Å². The van der Waals surface area contributed by atoms with Crippen molar-refractivity contribution >= 4 is 47.2 Å². The van der Waals surface area contributed by atoms with Crippen LogP contribution >= 0.6 is 35.6 Å². The van der Waals surface area contributed by atoms with Crippen molar-refractivity contribution in [2.75, 3.05) is 39.2 Å². The van der Waals surface area contributed by atoms with Crippen molar-refractivity contribution in [3.63, 3.8) is 0 Å². The molecule has 1 atom stereocenters. The van der Waals surface area contributed by atoms with E-state index >= 15 is 0 Å². The maximum Gasteiger partial charge on any atom is 0.191 e. The molecule has 0 aromatic heterocycles. The number of methoxy groups -OCH3 is 1. The molecule has 0 saturated heterocycles. The van der Waals surface area contributed by atoms with E-state index in [-0.39, 0.29) is 30.1 Å². The standard InChI is InChI=1S/C21H29ClN4O2.HI/c1-16(28-20-10-6-18(22)7-11-20)14-25-21(23-2)26-15-17-4-8-19(9-5-17)24-12-13-27-3;/h4-11,16,24H,12-15H2,1-3H3,(H2,23,25,26);1H. The summed E-state index contributed by atoms with van der Waals surface area (Å²) in [5.41, 5.74) is 2.25. The molecule has 0 amide bonds. The summed E-state index contributed by atoms with van der Waals surface area (Å²) < 4.78 is 10.9. The van der Waals surface area contributed by atoms with Crippen LogP contribution in [0.4, 0.5) is 5.69 Å². The van der Waals surface area contributed by atoms with Gasteiger partial charge in [-0.1, -0.05) is 23.7 Å². The summed E-state index contributed by atoms with van der Waals surface area (Å²) in [7, 11) is 3.45. The summed E-state index contributed by atoms with van der Waals surface area (Å²) in [6.07, 6.45) is -0.0165. The molecule has 1 unspecified atom stereocenters. The number of nitrogens with one attached hydrogen (secondary N) is 3. The Hall–Kier alpha value is -1.71. The summed E-state index contributed by atoms with van der Waals surface area (Å²) >= 11 is 5.89. The van der Waals surface area contributed by atoms with Crippen molar-refractivity contribution in [1.82, 2.24) is 10.6 Å². The van der Waals surface area contributed by atoms with Crippen LogP contribution in [-0.4, -0.2) is 45.9 Å². The SMILES string of the molecule is CN=C(NCc1ccc(NCCOC)cc1)NCC(C)Oc1ccc(Cl)cc1.I. The number of rotatable bonds is 10. The van der Waals surface area contributed by atoms with E-state index in [1.54, 1.807) is 14.2 Å². The molecule has 0 heterocycles. The Bertz CT molecular complexity index is 726. The van der Waals surface area contributed by atoms with E-state index in [0.717, 1.165) is 23.9 Å². The fourth-order valence-corrected chi connectivity index (χ4v) is 2.60. The van der Waals surface area contributed by atoms with Crippen LogP contribution in [0.1, 0.15) is 12.5 Å². The lowest BCUT2D eigenvalue weighted by atomic mass is 10.2. The number of anilines is 1. The number of aliphatic imine (C=N–C) groups is 1. The molecule has 2 aromatic rings. The van der Waals surface area contributed by atoms with Gasteiger partial charge in [-0.3, -0.25) is 4.99 Å². The van der Waals surface area contributed by atoms with Gasteiger partial charge in [0.05, 0.1) is 13.2 Å². The van der Waals surface area contributed by atoms with Gasteiger partial charge in [-0.05, 0) is 48.9 Å². The summed E-state index contributed by atoms with van der Waals surface area (Å²) in [6.45, 7) is 4.80. The van der Waals surface area contributed by atoms with Gasteiger partial charge in [0, 0.05) is 38.0 Å². The molecule has 6 nitrogen and oxygen atoms in total. The number of halogens is 2. The van der Waals surface area contributed by atoms with E-state index in [2.05, 4.69) is 45.2 Å². The predicted molar refractivity (Wildman–Crippen MR) is 132 cm³/mol. The summed E-state index contributed by atoms with van der Waals surface area (Å²) in [4.78, 5) is 4.26. The van der Waals surface area contributed by atoms with Crippen LogP contribution in [0.2, 0.25) is 5.02 Å². The number of guanidine groups is 1. The molecule has 160 valence electrons. The minimum Gasteiger partial charge on any atom is -0.489 e. The second kappa shape index (κ2) is 14.3. The number of nitrogens with zero attached hydrogens (tertiary/aromatic N) is 1. The molecule has 0 saturated carbocycles. The van der Waals surface area contributed by atoms with E-state index in [1.165, 1.54) is 5.56 Å². The first kappa shape index (κ1) is 25.3. The summed E-state index contributed by atoms with van der Waals surface area (Å²) in [5.74, 6) is 1.52. The van der Waals surface area contributed by atoms with Crippen LogP contribution in [0.25, 0.3) is 0 Å². The number of benzene rings is 2. The second-order valence-corrected chi connectivity index (χ2v) is 6.74. The molecular weight excluding hydrogens is 503 g/mol. The average Bonchev–Trinajstić information content (AvgIpc) is 2.71. The number of hydrogen-bond donors (Lipinski definition) is 3. The zero-order valence-corrected chi connectivity index (χ0v) is 20.2. The third-order valence-corrected chi connectivity index (χ3v) is 4.23. The minimum atomic E-state index is -0.0165. The normalized spacial score (nSPS) is 11.9. The molecule has 0 aliphatic heterocycles. The summed E-state index contributed by atoms with van der Waals surface area (Å²) in [6, 6.07) is 15.6. The van der Waals surface area contributed by atoms with E-state index in [1.807, 2.05) is 31.2 Å². The van der Waals surface area contributed by atoms with E-state index < -0.39 is 0 Å². The molecule has 3 N–H and O–H groups in total. The van der Waals surface area contributed by atoms with Crippen LogP contribution in [0.3, 0.4) is 0 Å². The predicted octanol–water partition coefficient (Wildman–Crippen LogP) is 4.15. The molecule has 8 heteroatoms. The van der Waals surface area contributed by atoms with Gasteiger partial charge in [0.15, 0.2) is 5.96 Å². The Kier molecular flexibility index (Phi) is 12.5. The highest BCUT2D eigenvalue weighted by molar-refractivity contribution is 14.0. The van der Waals surface area contributed by atoms with Gasteiger partial charge in [0.2, 0.25) is 0 Å². The number of hydrogen-bond acceptors (Lipinski definition) is 4. The smallest absolute Gasteiger partial charge is 0.191 e. The topological polar surface area (TPSA) is 66.9 Å². The monoisotopic (exact) mass is 532 g/mol. The van der Waals surface area contributed by atoms with Crippen molar-refractivity contribution in [2.45, 2.75) is 19.6 Å². The largest absolute Gasteiger partial charge is 0.489 e. The lowest BCUT2D eigenvalue weighted by Crippen LogP contribution is -2.41. The molecule has 2 rings (SSSR count). The fourth-order valence-electron chi connectivity index (χ4n) is 2.47. The molecule has 0 fully saturated rings. The highest BCUT2D eigenvalue weighted by Gasteiger charge is 2.06. The van der Waals surface area contributed by atoms with Crippen molar-refractivity contribution < 1.29 is 9.47 Å². The van der Waals surface area contributed by atoms with Crippen LogP contribution in [0.5, 0.6) is 5.75 Å². The quantitative estimate of drug-likeness (QED) is 0.186. The third-order valence-electron chi connectivity index (χ3n) is 3.98. The first-order chi connectivity index (χ1) is 13.6. The number of ether oxygens (including phenoxy) is 2. The van der Waals surface area contributed by atoms with Gasteiger partial charge >= 0.3 is 0 Å². The van der Waals surface area contributed by atoms with Gasteiger partial charge in [-0.2, -0.15) is 0 Å². The molecule has 2 aromatic carbocycles. The van der Waals surface area contributed by atoms with Crippen molar-refractivity contribution in [2.24, 2.45) is 4.99 Å². The Labute approximate surface area is 195 Å². The lowest BCUT2D eigenvalue weighted by Gasteiger charge is -2.18. The Morgan fingerprint density at radius 2 is 1.76 bits per heavy atom. The van der Waals surface area contributed by atoms with Gasteiger partial charge in [-0.25, -0.2) is 0 Å². The van der Waals surface area contributed by atoms with E-state index in [4.69, 9.17) is 21.1 Å². The molecule has 0 radical (unpaired) electrons. The Balaban J connectivity index is 0.00000420. The molecule has 0 bridgehead atoms. The fraction of sp³-hybridized carbons (Fsp3) is 0.381. The lowest BCUT2D eigenvalue weighted by molar-refractivity contribution is 0.211. The maximum atomic E-state index is 5.89. The van der Waals surface area contributed by atoms with Crippen LogP contribution in [0.15, 0.2) is 53.5 Å². The maximum absolute atomic E-state index is 5.89. The highest BCUT2D eigenvalue weighted by atomic mass is 127. The van der Waals surface area contributed by atoms with Crippen LogP contribution in [-0.2, 0) is 11.3 Å². The molecule has 0 aliphatic carbocycles. The first-order valence-corrected chi connectivity index (χ1v) is 9.67. The van der Waals surface area contributed by atoms with Gasteiger partial charge in [-0.15, -0.1) is 24.0 Å². The zero-order valence-electron chi connectivity index (χ0n) is 17.1. The average molecular weight is 533 g/mol. The van der Waals surface area contributed by atoms with Crippen LogP contribution in [0, 0.1) is 0 Å². The highest BCUT2D eigenvalue weighted by Crippen LogP contribution is 2.16. The first-order valence-electron chi connectivity index (χ1n) is 9.29. The van der Waals surface area contributed by atoms with Crippen molar-refractivity contribution in [3.8, 4) is 5.75 Å². The van der Waals surface area contributed by atoms with E-state index in [9.17, 15) is 0 Å². The van der Waals surface area contributed by atoms with Crippen molar-refractivity contribution in [1.29, 1.82) is 0 Å². The minimum absolute atomic E-state index is 0. The van der Waals surface area contributed by atoms with Gasteiger partial charge in [0.1, 0.15) is 11.9 Å². The third kappa shape index (κ3) is 10.0. The molecule has 0 aliphatic rings. The van der Waals surface area contributed by atoms with Crippen LogP contribution < -0.4 is 20.7 Å². The van der Waals surface area contributed by atoms with Crippen molar-refractivity contribution in [3.05, 3.63) is 59.1 Å². The molecular formula is C21H30ClIN4O2. The molecule has 0 spiro atoms. The Morgan fingerprint density at radius 3 is 2.38 bits per heavy atom. The molecule has 29 heavy (non-hydrogen) atoms. The second-order valence-electron chi connectivity index (χ2n) is 6.31. The van der Waals surface area contributed by atoms with Gasteiger partial charge < -0.3 is 25.4 Å².